The third-order valence-electron chi connectivity index (χ3n) is 5.47. The molecule has 4 nitrogen and oxygen atoms in total. The summed E-state index contributed by atoms with van der Waals surface area (Å²) < 4.78 is 6.02. The quantitative estimate of drug-likeness (QED) is 0.812. The van der Waals surface area contributed by atoms with E-state index in [0.29, 0.717) is 12.1 Å². The second kappa shape index (κ2) is 5.68. The van der Waals surface area contributed by atoms with Gasteiger partial charge in [-0.1, -0.05) is 12.8 Å². The van der Waals surface area contributed by atoms with Crippen LogP contribution in [-0.2, 0) is 4.74 Å². The second-order valence-corrected chi connectivity index (χ2v) is 6.72. The summed E-state index contributed by atoms with van der Waals surface area (Å²) in [7, 11) is 2.24. The Balaban J connectivity index is 1.80. The Morgan fingerprint density at radius 1 is 1.21 bits per heavy atom. The molecule has 2 saturated heterocycles. The second-order valence-electron chi connectivity index (χ2n) is 6.72. The number of likely N-dealkylation sites (N-methyl/N-ethyl adjacent to an activating group) is 1. The van der Waals surface area contributed by atoms with E-state index in [1.54, 1.807) is 0 Å². The normalized spacial score (nSPS) is 42.0. The fraction of sp³-hybridized carbons (Fsp3) is 1.00. The van der Waals surface area contributed by atoms with Crippen LogP contribution < -0.4 is 5.73 Å². The summed E-state index contributed by atoms with van der Waals surface area (Å²) in [4.78, 5) is 5.21. The van der Waals surface area contributed by atoms with E-state index < -0.39 is 0 Å². The molecule has 2 heterocycles. The van der Waals surface area contributed by atoms with Gasteiger partial charge in [0.1, 0.15) is 0 Å². The zero-order valence-electron chi connectivity index (χ0n) is 12.3. The maximum absolute atomic E-state index is 6.24. The topological polar surface area (TPSA) is 41.7 Å². The highest BCUT2D eigenvalue weighted by Gasteiger charge is 2.46. The van der Waals surface area contributed by atoms with Gasteiger partial charge in [0.15, 0.2) is 0 Å². The maximum Gasteiger partial charge on any atom is 0.0731 e. The number of nitrogens with two attached hydrogens (primary N) is 1. The van der Waals surface area contributed by atoms with Crippen molar-refractivity contribution in [2.24, 2.45) is 5.73 Å². The van der Waals surface area contributed by atoms with Gasteiger partial charge < -0.3 is 15.4 Å². The minimum absolute atomic E-state index is 0.205. The van der Waals surface area contributed by atoms with E-state index in [9.17, 15) is 0 Å². The van der Waals surface area contributed by atoms with Gasteiger partial charge in [0.05, 0.1) is 12.7 Å². The number of ether oxygens (including phenoxy) is 1. The van der Waals surface area contributed by atoms with Crippen molar-refractivity contribution < 1.29 is 4.74 Å². The summed E-state index contributed by atoms with van der Waals surface area (Å²) in [6.07, 6.45) is 8.26. The third-order valence-corrected chi connectivity index (χ3v) is 5.47. The molecule has 0 aromatic heterocycles. The van der Waals surface area contributed by atoms with Crippen LogP contribution in [0.2, 0.25) is 0 Å². The van der Waals surface area contributed by atoms with E-state index in [1.807, 2.05) is 0 Å². The number of fused-ring (bicyclic) bond motifs is 1. The summed E-state index contributed by atoms with van der Waals surface area (Å²) in [5.74, 6) is 0. The van der Waals surface area contributed by atoms with E-state index in [-0.39, 0.29) is 5.54 Å². The molecule has 3 atom stereocenters. The van der Waals surface area contributed by atoms with Crippen LogP contribution in [0.4, 0.5) is 0 Å². The number of piperidine rings is 1. The number of hydrogen-bond donors (Lipinski definition) is 1. The van der Waals surface area contributed by atoms with Gasteiger partial charge in [0.25, 0.3) is 0 Å². The summed E-state index contributed by atoms with van der Waals surface area (Å²) in [6, 6.07) is 0.623. The van der Waals surface area contributed by atoms with Crippen LogP contribution in [-0.4, -0.2) is 67.3 Å². The fourth-order valence-electron chi connectivity index (χ4n) is 4.54. The van der Waals surface area contributed by atoms with Crippen molar-refractivity contribution in [2.75, 3.05) is 39.8 Å². The summed E-state index contributed by atoms with van der Waals surface area (Å²) in [6.45, 7) is 5.12. The molecule has 110 valence electrons. The first-order chi connectivity index (χ1) is 9.25. The van der Waals surface area contributed by atoms with Crippen molar-refractivity contribution in [1.29, 1.82) is 0 Å². The number of hydrogen-bond acceptors (Lipinski definition) is 4. The van der Waals surface area contributed by atoms with Crippen molar-refractivity contribution in [3.8, 4) is 0 Å². The van der Waals surface area contributed by atoms with Crippen molar-refractivity contribution in [3.63, 3.8) is 0 Å². The van der Waals surface area contributed by atoms with E-state index in [0.717, 1.165) is 26.2 Å². The van der Waals surface area contributed by atoms with E-state index in [2.05, 4.69) is 16.8 Å². The third kappa shape index (κ3) is 2.56. The molecule has 4 heteroatoms. The fourth-order valence-corrected chi connectivity index (χ4v) is 4.54. The predicted molar refractivity (Wildman–Crippen MR) is 77.2 cm³/mol. The van der Waals surface area contributed by atoms with Gasteiger partial charge in [-0.3, -0.25) is 4.90 Å². The van der Waals surface area contributed by atoms with Crippen LogP contribution >= 0.6 is 0 Å². The lowest BCUT2D eigenvalue weighted by molar-refractivity contribution is -0.136. The minimum atomic E-state index is 0.205. The highest BCUT2D eigenvalue weighted by molar-refractivity contribution is 5.02. The molecule has 2 aliphatic heterocycles. The molecule has 0 aromatic rings. The molecule has 1 saturated carbocycles. The van der Waals surface area contributed by atoms with Crippen LogP contribution in [0, 0.1) is 0 Å². The first-order valence-corrected chi connectivity index (χ1v) is 8.02. The largest absolute Gasteiger partial charge is 0.375 e. The van der Waals surface area contributed by atoms with Crippen LogP contribution in [0.5, 0.6) is 0 Å². The number of nitrogens with zero attached hydrogens (tertiary/aromatic N) is 2. The average Bonchev–Trinajstić information content (AvgIpc) is 2.46. The Kier molecular flexibility index (Phi) is 4.13. The van der Waals surface area contributed by atoms with Gasteiger partial charge in [0.2, 0.25) is 0 Å². The maximum atomic E-state index is 6.24. The van der Waals surface area contributed by atoms with Crippen molar-refractivity contribution in [1.82, 2.24) is 9.80 Å². The number of likely N-dealkylation sites (tertiary alicyclic amines) is 1. The number of morpholine rings is 1. The molecule has 3 fully saturated rings. The van der Waals surface area contributed by atoms with Gasteiger partial charge in [-0.25, -0.2) is 0 Å². The molecule has 3 unspecified atom stereocenters. The van der Waals surface area contributed by atoms with Gasteiger partial charge in [-0.15, -0.1) is 0 Å². The van der Waals surface area contributed by atoms with Gasteiger partial charge in [0, 0.05) is 31.2 Å². The molecular formula is C15H29N3O. The Bertz CT molecular complexity index is 310. The zero-order chi connectivity index (χ0) is 13.3. The standard InChI is InChI=1S/C15H29N3O/c1-17-8-4-7-15(11-16,12-17)18-9-10-19-14-6-3-2-5-13(14)18/h13-14H,2-12,16H2,1H3. The van der Waals surface area contributed by atoms with Crippen molar-refractivity contribution >= 4 is 0 Å². The first kappa shape index (κ1) is 13.8. The molecule has 3 aliphatic rings. The van der Waals surface area contributed by atoms with Crippen LogP contribution in [0.25, 0.3) is 0 Å². The lowest BCUT2D eigenvalue weighted by atomic mass is 9.81. The zero-order valence-corrected chi connectivity index (χ0v) is 12.3. The molecule has 0 amide bonds. The lowest BCUT2D eigenvalue weighted by Crippen LogP contribution is -2.69. The molecule has 0 radical (unpaired) electrons. The molecule has 3 rings (SSSR count). The molecular weight excluding hydrogens is 238 g/mol. The SMILES string of the molecule is CN1CCCC(CN)(N2CCOC3CCCCC32)C1. The summed E-state index contributed by atoms with van der Waals surface area (Å²) in [5, 5.41) is 0. The number of rotatable bonds is 2. The Morgan fingerprint density at radius 2 is 2.05 bits per heavy atom. The molecule has 2 N–H and O–H groups in total. The van der Waals surface area contributed by atoms with Gasteiger partial charge >= 0.3 is 0 Å². The van der Waals surface area contributed by atoms with Gasteiger partial charge in [-0.05, 0) is 39.3 Å². The van der Waals surface area contributed by atoms with Crippen molar-refractivity contribution in [2.45, 2.75) is 56.2 Å². The Labute approximate surface area is 117 Å². The summed E-state index contributed by atoms with van der Waals surface area (Å²) >= 11 is 0. The van der Waals surface area contributed by atoms with E-state index in [4.69, 9.17) is 10.5 Å². The highest BCUT2D eigenvalue weighted by atomic mass is 16.5. The average molecular weight is 267 g/mol. The Morgan fingerprint density at radius 3 is 2.84 bits per heavy atom. The molecule has 0 bridgehead atoms. The molecule has 0 spiro atoms. The minimum Gasteiger partial charge on any atom is -0.375 e. The molecule has 1 aliphatic carbocycles. The summed E-state index contributed by atoms with van der Waals surface area (Å²) in [5.41, 5.74) is 6.45. The van der Waals surface area contributed by atoms with Crippen LogP contribution in [0.1, 0.15) is 38.5 Å². The monoisotopic (exact) mass is 267 g/mol. The first-order valence-electron chi connectivity index (χ1n) is 8.02. The molecule has 0 aromatic carbocycles. The van der Waals surface area contributed by atoms with Crippen LogP contribution in [0.3, 0.4) is 0 Å². The van der Waals surface area contributed by atoms with Crippen LogP contribution in [0.15, 0.2) is 0 Å². The van der Waals surface area contributed by atoms with Gasteiger partial charge in [-0.2, -0.15) is 0 Å². The predicted octanol–water partition coefficient (Wildman–Crippen LogP) is 1.05. The smallest absolute Gasteiger partial charge is 0.0731 e. The van der Waals surface area contributed by atoms with Crippen molar-refractivity contribution in [3.05, 3.63) is 0 Å². The molecule has 19 heavy (non-hydrogen) atoms. The highest BCUT2D eigenvalue weighted by Crippen LogP contribution is 2.36. The Hall–Kier alpha value is -0.160. The van der Waals surface area contributed by atoms with E-state index >= 15 is 0 Å². The lowest BCUT2D eigenvalue weighted by Gasteiger charge is -2.55. The van der Waals surface area contributed by atoms with E-state index in [1.165, 1.54) is 45.1 Å².